The highest BCUT2D eigenvalue weighted by Crippen LogP contribution is 2.59. The van der Waals surface area contributed by atoms with E-state index in [-0.39, 0.29) is 0 Å². The van der Waals surface area contributed by atoms with Gasteiger partial charge in [0.1, 0.15) is 0 Å². The number of fused-ring (bicyclic) bond motifs is 3. The minimum atomic E-state index is -0.513. The van der Waals surface area contributed by atoms with E-state index in [1.54, 1.807) is 0 Å². The molecule has 9 aromatic carbocycles. The third-order valence-electron chi connectivity index (χ3n) is 11.7. The topological polar surface area (TPSA) is 3.24 Å². The van der Waals surface area contributed by atoms with Gasteiger partial charge < -0.3 is 4.90 Å². The van der Waals surface area contributed by atoms with Gasteiger partial charge in [0.15, 0.2) is 0 Å². The molecule has 1 nitrogen and oxygen atoms in total. The van der Waals surface area contributed by atoms with Crippen LogP contribution >= 0.6 is 0 Å². The van der Waals surface area contributed by atoms with Crippen LogP contribution in [0.25, 0.3) is 50.6 Å². The lowest BCUT2D eigenvalue weighted by atomic mass is 9.67. The first-order chi connectivity index (χ1) is 28.8. The van der Waals surface area contributed by atoms with E-state index in [2.05, 4.69) is 242 Å². The zero-order chi connectivity index (χ0) is 38.9. The van der Waals surface area contributed by atoms with Gasteiger partial charge in [-0.1, -0.05) is 213 Å². The molecule has 10 rings (SSSR count). The first-order valence-corrected chi connectivity index (χ1v) is 20.0. The Labute approximate surface area is 341 Å². The molecule has 0 bridgehead atoms. The largest absolute Gasteiger partial charge is 0.310 e. The Hall–Kier alpha value is -7.48. The molecule has 0 heterocycles. The molecule has 1 unspecified atom stereocenters. The second-order valence-electron chi connectivity index (χ2n) is 14.9. The molecule has 58 heavy (non-hydrogen) atoms. The maximum atomic E-state index is 4.05. The third-order valence-corrected chi connectivity index (χ3v) is 11.7. The first-order valence-electron chi connectivity index (χ1n) is 20.0. The van der Waals surface area contributed by atoms with Crippen LogP contribution in [-0.2, 0) is 5.41 Å². The van der Waals surface area contributed by atoms with Gasteiger partial charge in [-0.2, -0.15) is 0 Å². The Morgan fingerprint density at radius 2 is 0.897 bits per heavy atom. The van der Waals surface area contributed by atoms with E-state index in [0.717, 1.165) is 22.6 Å². The molecule has 0 amide bonds. The highest BCUT2D eigenvalue weighted by Gasteiger charge is 2.46. The van der Waals surface area contributed by atoms with Crippen molar-refractivity contribution >= 4 is 23.1 Å². The van der Waals surface area contributed by atoms with Crippen LogP contribution in [-0.4, -0.2) is 0 Å². The average Bonchev–Trinajstić information content (AvgIpc) is 3.62. The first kappa shape index (κ1) is 35.0. The van der Waals surface area contributed by atoms with Crippen LogP contribution in [0.3, 0.4) is 0 Å². The fraction of sp³-hybridized carbons (Fsp3) is 0.0175. The molecular formula is C57H41N. The quantitative estimate of drug-likeness (QED) is 0.142. The molecule has 0 saturated carbocycles. The Balaban J connectivity index is 1.24. The SMILES string of the molecule is C=Cc1ccc(C2(c3ccccc3)c3ccccc3-c3c(-c4ccc(N(c5ccccc5)c5ccccc5-c5ccccc5)cc4-c4ccccc4)cccc32)cc1. The molecule has 1 aliphatic rings. The van der Waals surface area contributed by atoms with Gasteiger partial charge in [0.25, 0.3) is 0 Å². The van der Waals surface area contributed by atoms with Gasteiger partial charge in [-0.15, -0.1) is 0 Å². The second kappa shape index (κ2) is 14.9. The summed E-state index contributed by atoms with van der Waals surface area (Å²) in [5.41, 5.74) is 18.6. The van der Waals surface area contributed by atoms with Gasteiger partial charge in [0.2, 0.25) is 0 Å². The molecule has 0 radical (unpaired) electrons. The van der Waals surface area contributed by atoms with Crippen LogP contribution in [0, 0.1) is 0 Å². The smallest absolute Gasteiger partial charge is 0.0713 e. The summed E-state index contributed by atoms with van der Waals surface area (Å²) >= 11 is 0. The number of hydrogen-bond acceptors (Lipinski definition) is 1. The number of para-hydroxylation sites is 2. The van der Waals surface area contributed by atoms with Crippen molar-refractivity contribution in [2.75, 3.05) is 4.90 Å². The molecule has 1 atom stereocenters. The molecule has 1 heteroatoms. The van der Waals surface area contributed by atoms with E-state index in [1.165, 1.54) is 66.8 Å². The summed E-state index contributed by atoms with van der Waals surface area (Å²) in [6, 6.07) is 83.9. The molecule has 0 N–H and O–H groups in total. The molecule has 1 aliphatic carbocycles. The van der Waals surface area contributed by atoms with Gasteiger partial charge in [-0.25, -0.2) is 0 Å². The van der Waals surface area contributed by atoms with Crippen LogP contribution in [0.2, 0.25) is 0 Å². The van der Waals surface area contributed by atoms with Crippen molar-refractivity contribution in [3.63, 3.8) is 0 Å². The zero-order valence-electron chi connectivity index (χ0n) is 32.2. The summed E-state index contributed by atoms with van der Waals surface area (Å²) in [6.07, 6.45) is 1.92. The van der Waals surface area contributed by atoms with Gasteiger partial charge in [-0.05, 0) is 97.1 Å². The Bertz CT molecular complexity index is 2880. The maximum absolute atomic E-state index is 4.05. The Morgan fingerprint density at radius 1 is 0.362 bits per heavy atom. The Morgan fingerprint density at radius 3 is 1.59 bits per heavy atom. The lowest BCUT2D eigenvalue weighted by molar-refractivity contribution is 0.768. The molecule has 0 fully saturated rings. The summed E-state index contributed by atoms with van der Waals surface area (Å²) in [5, 5.41) is 0. The van der Waals surface area contributed by atoms with Crippen molar-refractivity contribution in [2.24, 2.45) is 0 Å². The van der Waals surface area contributed by atoms with E-state index in [9.17, 15) is 0 Å². The molecule has 274 valence electrons. The second-order valence-corrected chi connectivity index (χ2v) is 14.9. The predicted molar refractivity (Wildman–Crippen MR) is 245 cm³/mol. The summed E-state index contributed by atoms with van der Waals surface area (Å²) in [5.74, 6) is 0. The van der Waals surface area contributed by atoms with E-state index in [1.807, 2.05) is 6.08 Å². The van der Waals surface area contributed by atoms with Crippen LogP contribution < -0.4 is 4.90 Å². The van der Waals surface area contributed by atoms with Crippen molar-refractivity contribution < 1.29 is 0 Å². The molecular weight excluding hydrogens is 699 g/mol. The highest BCUT2D eigenvalue weighted by molar-refractivity contribution is 6.00. The average molecular weight is 740 g/mol. The number of rotatable bonds is 9. The van der Waals surface area contributed by atoms with E-state index in [4.69, 9.17) is 0 Å². The normalized spacial score (nSPS) is 14.0. The standard InChI is InChI=1S/C57H41N/c1-2-41-34-36-45(37-35-41)57(44-24-11-5-12-25-44)53-31-17-15-29-51(53)56-50(30-19-32-54(56)57)49-39-38-47(40-52(49)43-22-9-4-10-23-43)58(46-26-13-6-14-27-46)55-33-18-16-28-48(55)42-20-7-3-8-21-42/h2-40H,1H2. The Kier molecular flexibility index (Phi) is 8.97. The number of nitrogens with zero attached hydrogens (tertiary/aromatic N) is 1. The number of anilines is 3. The van der Waals surface area contributed by atoms with Crippen LogP contribution in [0.1, 0.15) is 27.8 Å². The lowest BCUT2D eigenvalue weighted by Gasteiger charge is -2.34. The summed E-state index contributed by atoms with van der Waals surface area (Å²) in [6.45, 7) is 4.05. The molecule has 0 aliphatic heterocycles. The summed E-state index contributed by atoms with van der Waals surface area (Å²) < 4.78 is 0. The minimum absolute atomic E-state index is 0.513. The van der Waals surface area contributed by atoms with Crippen LogP contribution in [0.4, 0.5) is 17.1 Å². The molecule has 0 spiro atoms. The number of hydrogen-bond donors (Lipinski definition) is 0. The fourth-order valence-electron chi connectivity index (χ4n) is 9.20. The van der Waals surface area contributed by atoms with Crippen molar-refractivity contribution in [3.8, 4) is 44.5 Å². The molecule has 9 aromatic rings. The fourth-order valence-corrected chi connectivity index (χ4v) is 9.20. The number of benzene rings is 9. The van der Waals surface area contributed by atoms with E-state index >= 15 is 0 Å². The predicted octanol–water partition coefficient (Wildman–Crippen LogP) is 15.2. The van der Waals surface area contributed by atoms with Crippen LogP contribution in [0.5, 0.6) is 0 Å². The summed E-state index contributed by atoms with van der Waals surface area (Å²) in [7, 11) is 0. The highest BCUT2D eigenvalue weighted by atomic mass is 15.1. The summed E-state index contributed by atoms with van der Waals surface area (Å²) in [4.78, 5) is 2.40. The minimum Gasteiger partial charge on any atom is -0.310 e. The van der Waals surface area contributed by atoms with Crippen molar-refractivity contribution in [3.05, 3.63) is 265 Å². The third kappa shape index (κ3) is 5.79. The van der Waals surface area contributed by atoms with Crippen molar-refractivity contribution in [1.82, 2.24) is 0 Å². The van der Waals surface area contributed by atoms with Gasteiger partial charge in [0.05, 0.1) is 11.1 Å². The zero-order valence-corrected chi connectivity index (χ0v) is 32.2. The molecule has 0 saturated heterocycles. The van der Waals surface area contributed by atoms with Gasteiger partial charge >= 0.3 is 0 Å². The van der Waals surface area contributed by atoms with E-state index in [0.29, 0.717) is 0 Å². The van der Waals surface area contributed by atoms with E-state index < -0.39 is 5.41 Å². The van der Waals surface area contributed by atoms with Gasteiger partial charge in [0, 0.05) is 16.9 Å². The van der Waals surface area contributed by atoms with Crippen molar-refractivity contribution in [1.29, 1.82) is 0 Å². The molecule has 0 aromatic heterocycles. The van der Waals surface area contributed by atoms with Gasteiger partial charge in [-0.3, -0.25) is 0 Å². The lowest BCUT2D eigenvalue weighted by Crippen LogP contribution is -2.28. The maximum Gasteiger partial charge on any atom is 0.0713 e. The van der Waals surface area contributed by atoms with Crippen molar-refractivity contribution in [2.45, 2.75) is 5.41 Å². The van der Waals surface area contributed by atoms with Crippen LogP contribution in [0.15, 0.2) is 237 Å². The monoisotopic (exact) mass is 739 g/mol.